The minimum Gasteiger partial charge on any atom is -0.379 e. The second-order valence-electron chi connectivity index (χ2n) is 5.29. The summed E-state index contributed by atoms with van der Waals surface area (Å²) in [6, 6.07) is 21.6. The molecule has 2 nitrogen and oxygen atoms in total. The molecular weight excluding hydrogens is 282 g/mol. The van der Waals surface area contributed by atoms with Gasteiger partial charge < -0.3 is 4.74 Å². The van der Waals surface area contributed by atoms with E-state index in [1.807, 2.05) is 0 Å². The highest BCUT2D eigenvalue weighted by molar-refractivity contribution is 5.85. The Kier molecular flexibility index (Phi) is 6.24. The smallest absolute Gasteiger partial charge is 0.0594 e. The maximum Gasteiger partial charge on any atom is 0.0594 e. The zero-order valence-electron chi connectivity index (χ0n) is 12.2. The summed E-state index contributed by atoms with van der Waals surface area (Å²) in [4.78, 5) is 2.51. The number of hydrogen-bond acceptors (Lipinski definition) is 2. The van der Waals surface area contributed by atoms with Crippen LogP contribution in [0.1, 0.15) is 17.0 Å². The predicted molar refractivity (Wildman–Crippen MR) is 89.2 cm³/mol. The molecule has 0 bridgehead atoms. The highest BCUT2D eigenvalue weighted by Gasteiger charge is 2.19. The molecule has 1 fully saturated rings. The maximum absolute atomic E-state index is 5.45. The molecule has 0 aliphatic carbocycles. The third-order valence-electron chi connectivity index (χ3n) is 3.95. The molecular formula is C18H22ClNO. The highest BCUT2D eigenvalue weighted by atomic mass is 35.5. The Morgan fingerprint density at radius 2 is 1.29 bits per heavy atom. The third kappa shape index (κ3) is 4.31. The van der Waals surface area contributed by atoms with E-state index in [1.54, 1.807) is 0 Å². The Morgan fingerprint density at radius 1 is 0.810 bits per heavy atom. The standard InChI is InChI=1S/C18H21NO.ClH/c1-3-7-16(8-4-1)18(17-9-5-2-6-10-17)15-19-11-13-20-14-12-19;/h1-10,18H,11-15H2;1H. The molecule has 0 N–H and O–H groups in total. The van der Waals surface area contributed by atoms with Crippen LogP contribution in [-0.4, -0.2) is 37.7 Å². The number of rotatable bonds is 4. The largest absolute Gasteiger partial charge is 0.379 e. The SMILES string of the molecule is Cl.c1ccc(C(CN2CCOCC2)c2ccccc2)cc1. The fourth-order valence-electron chi connectivity index (χ4n) is 2.82. The number of hydrogen-bond donors (Lipinski definition) is 0. The van der Waals surface area contributed by atoms with E-state index in [2.05, 4.69) is 65.6 Å². The van der Waals surface area contributed by atoms with Gasteiger partial charge in [-0.2, -0.15) is 0 Å². The number of morpholine rings is 1. The van der Waals surface area contributed by atoms with Crippen LogP contribution in [-0.2, 0) is 4.74 Å². The molecule has 0 unspecified atom stereocenters. The molecule has 0 aromatic heterocycles. The minimum absolute atomic E-state index is 0. The van der Waals surface area contributed by atoms with Gasteiger partial charge in [-0.05, 0) is 11.1 Å². The van der Waals surface area contributed by atoms with Crippen LogP contribution in [0.5, 0.6) is 0 Å². The van der Waals surface area contributed by atoms with Gasteiger partial charge >= 0.3 is 0 Å². The van der Waals surface area contributed by atoms with Crippen LogP contribution in [0.2, 0.25) is 0 Å². The topological polar surface area (TPSA) is 12.5 Å². The van der Waals surface area contributed by atoms with E-state index < -0.39 is 0 Å². The van der Waals surface area contributed by atoms with Crippen LogP contribution in [0, 0.1) is 0 Å². The molecule has 1 aliphatic rings. The van der Waals surface area contributed by atoms with Gasteiger partial charge in [0.2, 0.25) is 0 Å². The molecule has 1 heterocycles. The summed E-state index contributed by atoms with van der Waals surface area (Å²) in [5.41, 5.74) is 2.79. The number of nitrogens with zero attached hydrogens (tertiary/aromatic N) is 1. The number of ether oxygens (including phenoxy) is 1. The first-order valence-corrected chi connectivity index (χ1v) is 7.33. The molecule has 3 heteroatoms. The van der Waals surface area contributed by atoms with Crippen molar-refractivity contribution in [3.63, 3.8) is 0 Å². The molecule has 0 amide bonds. The molecule has 2 aromatic rings. The van der Waals surface area contributed by atoms with Crippen LogP contribution in [0.15, 0.2) is 60.7 Å². The van der Waals surface area contributed by atoms with Crippen LogP contribution in [0.25, 0.3) is 0 Å². The first kappa shape index (κ1) is 16.0. The van der Waals surface area contributed by atoms with E-state index in [0.29, 0.717) is 5.92 Å². The zero-order valence-corrected chi connectivity index (χ0v) is 13.0. The fourth-order valence-corrected chi connectivity index (χ4v) is 2.82. The lowest BCUT2D eigenvalue weighted by Crippen LogP contribution is -2.39. The summed E-state index contributed by atoms with van der Waals surface area (Å²) in [6.07, 6.45) is 0. The maximum atomic E-state index is 5.45. The van der Waals surface area contributed by atoms with Gasteiger partial charge in [-0.1, -0.05) is 60.7 Å². The van der Waals surface area contributed by atoms with Gasteiger partial charge in [0.05, 0.1) is 13.2 Å². The molecule has 1 saturated heterocycles. The molecule has 0 saturated carbocycles. The van der Waals surface area contributed by atoms with Gasteiger partial charge in [-0.15, -0.1) is 12.4 Å². The van der Waals surface area contributed by atoms with Crippen molar-refractivity contribution in [1.29, 1.82) is 0 Å². The van der Waals surface area contributed by atoms with Gasteiger partial charge in [-0.25, -0.2) is 0 Å². The summed E-state index contributed by atoms with van der Waals surface area (Å²) in [5, 5.41) is 0. The average molecular weight is 304 g/mol. The van der Waals surface area contributed by atoms with Gasteiger partial charge in [0, 0.05) is 25.6 Å². The summed E-state index contributed by atoms with van der Waals surface area (Å²) in [7, 11) is 0. The minimum atomic E-state index is 0. The van der Waals surface area contributed by atoms with Crippen molar-refractivity contribution < 1.29 is 4.74 Å². The van der Waals surface area contributed by atoms with Crippen LogP contribution in [0.4, 0.5) is 0 Å². The van der Waals surface area contributed by atoms with Crippen LogP contribution < -0.4 is 0 Å². The lowest BCUT2D eigenvalue weighted by Gasteiger charge is -2.31. The highest BCUT2D eigenvalue weighted by Crippen LogP contribution is 2.25. The van der Waals surface area contributed by atoms with E-state index in [1.165, 1.54) is 11.1 Å². The van der Waals surface area contributed by atoms with Gasteiger partial charge in [-0.3, -0.25) is 4.90 Å². The molecule has 0 atom stereocenters. The number of benzene rings is 2. The predicted octanol–water partition coefficient (Wildman–Crippen LogP) is 3.57. The third-order valence-corrected chi connectivity index (χ3v) is 3.95. The fraction of sp³-hybridized carbons (Fsp3) is 0.333. The Morgan fingerprint density at radius 3 is 1.76 bits per heavy atom. The van der Waals surface area contributed by atoms with E-state index >= 15 is 0 Å². The average Bonchev–Trinajstić information content (AvgIpc) is 2.55. The number of halogens is 1. The van der Waals surface area contributed by atoms with Crippen molar-refractivity contribution in [3.8, 4) is 0 Å². The van der Waals surface area contributed by atoms with E-state index in [-0.39, 0.29) is 12.4 Å². The normalized spacial score (nSPS) is 15.7. The monoisotopic (exact) mass is 303 g/mol. The van der Waals surface area contributed by atoms with E-state index in [0.717, 1.165) is 32.8 Å². The van der Waals surface area contributed by atoms with Crippen molar-refractivity contribution in [2.24, 2.45) is 0 Å². The second kappa shape index (κ2) is 8.18. The van der Waals surface area contributed by atoms with Crippen molar-refractivity contribution in [3.05, 3.63) is 71.8 Å². The zero-order chi connectivity index (χ0) is 13.6. The van der Waals surface area contributed by atoms with Crippen molar-refractivity contribution >= 4 is 12.4 Å². The first-order valence-electron chi connectivity index (χ1n) is 7.33. The summed E-state index contributed by atoms with van der Waals surface area (Å²) < 4.78 is 5.45. The summed E-state index contributed by atoms with van der Waals surface area (Å²) >= 11 is 0. The van der Waals surface area contributed by atoms with Gasteiger partial charge in [0.25, 0.3) is 0 Å². The molecule has 1 aliphatic heterocycles. The summed E-state index contributed by atoms with van der Waals surface area (Å²) in [6.45, 7) is 4.86. The molecule has 112 valence electrons. The van der Waals surface area contributed by atoms with E-state index in [4.69, 9.17) is 4.74 Å². The van der Waals surface area contributed by atoms with E-state index in [9.17, 15) is 0 Å². The van der Waals surface area contributed by atoms with Crippen molar-refractivity contribution in [2.45, 2.75) is 5.92 Å². The van der Waals surface area contributed by atoms with Gasteiger partial charge in [0.1, 0.15) is 0 Å². The second-order valence-corrected chi connectivity index (χ2v) is 5.29. The Labute approximate surface area is 133 Å². The molecule has 3 rings (SSSR count). The Bertz CT molecular complexity index is 472. The Balaban J connectivity index is 0.00000161. The summed E-state index contributed by atoms with van der Waals surface area (Å²) in [5.74, 6) is 0.440. The lowest BCUT2D eigenvalue weighted by atomic mass is 9.90. The molecule has 2 aromatic carbocycles. The van der Waals surface area contributed by atoms with Gasteiger partial charge in [0.15, 0.2) is 0 Å². The van der Waals surface area contributed by atoms with Crippen LogP contribution >= 0.6 is 12.4 Å². The van der Waals surface area contributed by atoms with Crippen molar-refractivity contribution in [2.75, 3.05) is 32.8 Å². The lowest BCUT2D eigenvalue weighted by molar-refractivity contribution is 0.0365. The molecule has 0 radical (unpaired) electrons. The quantitative estimate of drug-likeness (QED) is 0.856. The van der Waals surface area contributed by atoms with Crippen LogP contribution in [0.3, 0.4) is 0 Å². The first-order chi connectivity index (χ1) is 9.93. The molecule has 0 spiro atoms. The Hall–Kier alpha value is -1.35. The van der Waals surface area contributed by atoms with Crippen molar-refractivity contribution in [1.82, 2.24) is 4.90 Å². The molecule has 21 heavy (non-hydrogen) atoms.